The Morgan fingerprint density at radius 1 is 1.06 bits per heavy atom. The molecule has 0 spiro atoms. The van der Waals surface area contributed by atoms with E-state index in [2.05, 4.69) is 17.6 Å². The number of halogens is 1. The van der Waals surface area contributed by atoms with Crippen LogP contribution in [-0.2, 0) is 13.0 Å². The number of hydrogen-bond acceptors (Lipinski definition) is 3. The molecule has 3 aromatic rings. The number of aryl methyl sites for hydroxylation is 1. The molecule has 4 rings (SSSR count). The van der Waals surface area contributed by atoms with Gasteiger partial charge in [0, 0.05) is 24.2 Å². The molecule has 1 aromatic heterocycles. The van der Waals surface area contributed by atoms with Gasteiger partial charge in [-0.3, -0.25) is 9.59 Å². The van der Waals surface area contributed by atoms with Crippen LogP contribution in [0.25, 0.3) is 11.3 Å². The lowest BCUT2D eigenvalue weighted by Crippen LogP contribution is -2.33. The lowest BCUT2D eigenvalue weighted by Gasteiger charge is -2.12. The summed E-state index contributed by atoms with van der Waals surface area (Å²) in [5.74, 6) is -1.30. The molecule has 0 unspecified atom stereocenters. The Balaban J connectivity index is 1.55. The Morgan fingerprint density at radius 2 is 1.79 bits per heavy atom. The van der Waals surface area contributed by atoms with Crippen molar-refractivity contribution in [2.45, 2.75) is 45.7 Å². The highest BCUT2D eigenvalue weighted by Gasteiger charge is 2.25. The van der Waals surface area contributed by atoms with Gasteiger partial charge in [-0.1, -0.05) is 31.2 Å². The van der Waals surface area contributed by atoms with Crippen molar-refractivity contribution in [2.24, 2.45) is 0 Å². The molecule has 7 heteroatoms. The predicted molar refractivity (Wildman–Crippen MR) is 123 cm³/mol. The topological polar surface area (TPSA) is 85.1 Å². The van der Waals surface area contributed by atoms with Gasteiger partial charge >= 0.3 is 0 Å². The van der Waals surface area contributed by atoms with Crippen LogP contribution in [0.4, 0.5) is 4.39 Å². The van der Waals surface area contributed by atoms with Crippen molar-refractivity contribution in [1.82, 2.24) is 10.6 Å². The largest absolute Gasteiger partial charge is 0.618 e. The van der Waals surface area contributed by atoms with Crippen LogP contribution in [-0.4, -0.2) is 17.9 Å². The SMILES string of the molecule is CCc1ccccc1CNC(=O)c1ccc(-c2cc(C(=O)NC3CC3)cc(F)c2C)[n+]([O-])c1. The quantitative estimate of drug-likeness (QED) is 0.427. The van der Waals surface area contributed by atoms with Gasteiger partial charge in [0.25, 0.3) is 11.8 Å². The zero-order valence-electron chi connectivity index (χ0n) is 18.7. The molecule has 1 heterocycles. The third kappa shape index (κ3) is 5.03. The van der Waals surface area contributed by atoms with Gasteiger partial charge in [0.15, 0.2) is 6.20 Å². The fraction of sp³-hybridized carbons (Fsp3) is 0.269. The first-order valence-corrected chi connectivity index (χ1v) is 11.1. The minimum Gasteiger partial charge on any atom is -0.618 e. The van der Waals surface area contributed by atoms with Gasteiger partial charge in [-0.05, 0) is 61.1 Å². The summed E-state index contributed by atoms with van der Waals surface area (Å²) < 4.78 is 15.1. The maximum absolute atomic E-state index is 14.5. The molecule has 0 aliphatic heterocycles. The second-order valence-corrected chi connectivity index (χ2v) is 8.31. The minimum absolute atomic E-state index is 0.136. The Bertz CT molecular complexity index is 1220. The molecule has 1 aliphatic rings. The average Bonchev–Trinajstić information content (AvgIpc) is 3.63. The molecule has 0 radical (unpaired) electrons. The first-order valence-electron chi connectivity index (χ1n) is 11.1. The Hall–Kier alpha value is -3.74. The summed E-state index contributed by atoms with van der Waals surface area (Å²) in [4.78, 5) is 25.0. The highest BCUT2D eigenvalue weighted by molar-refractivity contribution is 5.96. The molecule has 33 heavy (non-hydrogen) atoms. The molecular formula is C26H26FN3O3. The molecule has 0 atom stereocenters. The van der Waals surface area contributed by atoms with Crippen molar-refractivity contribution in [3.63, 3.8) is 0 Å². The number of pyridine rings is 1. The highest BCUT2D eigenvalue weighted by Crippen LogP contribution is 2.26. The molecule has 1 aliphatic carbocycles. The van der Waals surface area contributed by atoms with Crippen LogP contribution in [0.1, 0.15) is 57.2 Å². The van der Waals surface area contributed by atoms with E-state index >= 15 is 0 Å². The van der Waals surface area contributed by atoms with Crippen molar-refractivity contribution in [2.75, 3.05) is 0 Å². The zero-order chi connectivity index (χ0) is 23.5. The molecule has 2 amide bonds. The van der Waals surface area contributed by atoms with E-state index in [1.165, 1.54) is 30.5 Å². The summed E-state index contributed by atoms with van der Waals surface area (Å²) in [7, 11) is 0. The lowest BCUT2D eigenvalue weighted by molar-refractivity contribution is -0.593. The standard InChI is InChI=1S/C26H26FN3O3/c1-3-17-6-4-5-7-18(17)14-28-25(31)19-8-11-24(30(33)15-19)22-12-20(13-23(27)16(22)2)26(32)29-21-9-10-21/h4-8,11-13,15,21H,3,9-10,14H2,1-2H3,(H,28,31)(H,29,32). The maximum atomic E-state index is 14.5. The number of hydrogen-bond donors (Lipinski definition) is 2. The summed E-state index contributed by atoms with van der Waals surface area (Å²) in [5, 5.41) is 18.4. The zero-order valence-corrected chi connectivity index (χ0v) is 18.7. The molecule has 6 nitrogen and oxygen atoms in total. The second-order valence-electron chi connectivity index (χ2n) is 8.31. The molecule has 2 aromatic carbocycles. The maximum Gasteiger partial charge on any atom is 0.257 e. The van der Waals surface area contributed by atoms with Crippen LogP contribution < -0.4 is 15.4 Å². The molecule has 0 saturated heterocycles. The smallest absolute Gasteiger partial charge is 0.257 e. The monoisotopic (exact) mass is 447 g/mol. The normalized spacial score (nSPS) is 12.9. The van der Waals surface area contributed by atoms with Crippen molar-refractivity contribution in [1.29, 1.82) is 0 Å². The van der Waals surface area contributed by atoms with Crippen LogP contribution in [0.3, 0.4) is 0 Å². The summed E-state index contributed by atoms with van der Waals surface area (Å²) in [6.45, 7) is 3.96. The fourth-order valence-corrected chi connectivity index (χ4v) is 3.75. The van der Waals surface area contributed by atoms with Gasteiger partial charge in [0.2, 0.25) is 5.69 Å². The van der Waals surface area contributed by atoms with E-state index < -0.39 is 5.82 Å². The van der Waals surface area contributed by atoms with Gasteiger partial charge in [-0.15, -0.1) is 0 Å². The number of aromatic nitrogens is 1. The summed E-state index contributed by atoms with van der Waals surface area (Å²) in [5.41, 5.74) is 3.27. The van der Waals surface area contributed by atoms with Gasteiger partial charge in [-0.2, -0.15) is 4.73 Å². The predicted octanol–water partition coefficient (Wildman–Crippen LogP) is 3.82. The van der Waals surface area contributed by atoms with E-state index in [1.807, 2.05) is 24.3 Å². The van der Waals surface area contributed by atoms with Crippen molar-refractivity contribution < 1.29 is 18.7 Å². The van der Waals surface area contributed by atoms with E-state index in [9.17, 15) is 19.2 Å². The number of carbonyl (C=O) groups excluding carboxylic acids is 2. The number of nitrogens with one attached hydrogen (secondary N) is 2. The molecular weight excluding hydrogens is 421 g/mol. The van der Waals surface area contributed by atoms with Gasteiger partial charge in [0.05, 0.1) is 5.56 Å². The third-order valence-electron chi connectivity index (χ3n) is 5.91. The van der Waals surface area contributed by atoms with Crippen LogP contribution >= 0.6 is 0 Å². The number of benzene rings is 2. The highest BCUT2D eigenvalue weighted by atomic mass is 19.1. The van der Waals surface area contributed by atoms with Crippen LogP contribution in [0.5, 0.6) is 0 Å². The number of amides is 2. The number of nitrogens with zero attached hydrogens (tertiary/aromatic N) is 1. The molecule has 1 saturated carbocycles. The van der Waals surface area contributed by atoms with Gasteiger partial charge < -0.3 is 15.8 Å². The Morgan fingerprint density at radius 3 is 2.45 bits per heavy atom. The van der Waals surface area contributed by atoms with Crippen molar-refractivity contribution in [3.05, 3.63) is 93.6 Å². The second kappa shape index (κ2) is 9.40. The number of carbonyl (C=O) groups is 2. The van der Waals surface area contributed by atoms with Crippen LogP contribution in [0, 0.1) is 17.9 Å². The van der Waals surface area contributed by atoms with Crippen molar-refractivity contribution in [3.8, 4) is 11.3 Å². The first kappa shape index (κ1) is 22.5. The molecule has 2 N–H and O–H groups in total. The van der Waals surface area contributed by atoms with E-state index in [0.29, 0.717) is 16.8 Å². The number of rotatable bonds is 7. The molecule has 0 bridgehead atoms. The van der Waals surface area contributed by atoms with Crippen LogP contribution in [0.15, 0.2) is 54.7 Å². The van der Waals surface area contributed by atoms with Gasteiger partial charge in [-0.25, -0.2) is 4.39 Å². The first-order chi connectivity index (χ1) is 15.9. The van der Waals surface area contributed by atoms with Crippen LogP contribution in [0.2, 0.25) is 0 Å². The summed E-state index contributed by atoms with van der Waals surface area (Å²) in [6.07, 6.45) is 3.86. The minimum atomic E-state index is -0.565. The molecule has 1 fully saturated rings. The van der Waals surface area contributed by atoms with Crippen molar-refractivity contribution >= 4 is 11.8 Å². The van der Waals surface area contributed by atoms with E-state index in [4.69, 9.17) is 0 Å². The Labute approximate surface area is 192 Å². The summed E-state index contributed by atoms with van der Waals surface area (Å²) >= 11 is 0. The van der Waals surface area contributed by atoms with E-state index in [-0.39, 0.29) is 40.2 Å². The van der Waals surface area contributed by atoms with E-state index in [1.54, 1.807) is 6.92 Å². The third-order valence-corrected chi connectivity index (χ3v) is 5.91. The van der Waals surface area contributed by atoms with Gasteiger partial charge in [0.1, 0.15) is 11.4 Å². The molecule has 170 valence electrons. The lowest BCUT2D eigenvalue weighted by atomic mass is 10.00. The summed E-state index contributed by atoms with van der Waals surface area (Å²) in [6, 6.07) is 13.7. The average molecular weight is 448 g/mol. The van der Waals surface area contributed by atoms with E-state index in [0.717, 1.165) is 30.4 Å². The fourth-order valence-electron chi connectivity index (χ4n) is 3.75. The Kier molecular flexibility index (Phi) is 6.40.